The topological polar surface area (TPSA) is 62.9 Å². The minimum atomic E-state index is -0.0694. The average molecular weight is 313 g/mol. The van der Waals surface area contributed by atoms with Crippen LogP contribution in [0.3, 0.4) is 0 Å². The van der Waals surface area contributed by atoms with Crippen molar-refractivity contribution in [3.8, 4) is 0 Å². The zero-order valence-corrected chi connectivity index (χ0v) is 13.8. The molecular formula is C17H31NO4. The van der Waals surface area contributed by atoms with Gasteiger partial charge in [0.05, 0.1) is 44.2 Å². The van der Waals surface area contributed by atoms with Gasteiger partial charge in [0.15, 0.2) is 0 Å². The van der Waals surface area contributed by atoms with E-state index in [4.69, 9.17) is 24.7 Å². The SMILES string of the molecule is C[C@@H](OCC12CCC(CC1)OC2)[C@H](N)COC1CCOCC1. The van der Waals surface area contributed by atoms with Gasteiger partial charge in [-0.3, -0.25) is 0 Å². The second-order valence-corrected chi connectivity index (χ2v) is 7.34. The minimum absolute atomic E-state index is 0.0221. The Bertz CT molecular complexity index is 324. The standard InChI is InChI=1S/C17H31NO4/c1-13(16(18)10-20-15-4-8-19-9-5-15)21-11-17-6-2-14(3-7-17)22-12-17/h13-16H,2-12,18H2,1H3/t13-,14?,16-,17?/m1/s1. The maximum atomic E-state index is 6.23. The Morgan fingerprint density at radius 3 is 2.55 bits per heavy atom. The van der Waals surface area contributed by atoms with E-state index in [1.54, 1.807) is 0 Å². The largest absolute Gasteiger partial charge is 0.381 e. The summed E-state index contributed by atoms with van der Waals surface area (Å²) in [7, 11) is 0. The van der Waals surface area contributed by atoms with Crippen molar-refractivity contribution >= 4 is 0 Å². The fourth-order valence-corrected chi connectivity index (χ4v) is 3.65. The molecule has 4 rings (SSSR count). The van der Waals surface area contributed by atoms with Crippen molar-refractivity contribution in [2.24, 2.45) is 11.1 Å². The number of rotatable bonds is 7. The second-order valence-electron chi connectivity index (χ2n) is 7.34. The molecule has 4 fully saturated rings. The first-order valence-corrected chi connectivity index (χ1v) is 8.85. The van der Waals surface area contributed by atoms with Crippen molar-refractivity contribution < 1.29 is 18.9 Å². The van der Waals surface area contributed by atoms with Gasteiger partial charge in [-0.15, -0.1) is 0 Å². The lowest BCUT2D eigenvalue weighted by Crippen LogP contribution is -2.47. The van der Waals surface area contributed by atoms with E-state index in [-0.39, 0.29) is 17.6 Å². The van der Waals surface area contributed by atoms with Gasteiger partial charge in [0, 0.05) is 18.6 Å². The van der Waals surface area contributed by atoms with Crippen LogP contribution in [-0.2, 0) is 18.9 Å². The number of fused-ring (bicyclic) bond motifs is 3. The number of ether oxygens (including phenoxy) is 4. The smallest absolute Gasteiger partial charge is 0.0720 e. The molecule has 1 saturated carbocycles. The van der Waals surface area contributed by atoms with Gasteiger partial charge >= 0.3 is 0 Å². The van der Waals surface area contributed by atoms with Crippen molar-refractivity contribution in [2.75, 3.05) is 33.0 Å². The molecule has 0 aromatic heterocycles. The summed E-state index contributed by atoms with van der Waals surface area (Å²) in [6.45, 7) is 5.86. The van der Waals surface area contributed by atoms with Crippen molar-refractivity contribution in [3.05, 3.63) is 0 Å². The van der Waals surface area contributed by atoms with E-state index in [0.29, 0.717) is 18.8 Å². The van der Waals surface area contributed by atoms with Crippen LogP contribution in [0.2, 0.25) is 0 Å². The quantitative estimate of drug-likeness (QED) is 0.777. The molecule has 3 aliphatic heterocycles. The van der Waals surface area contributed by atoms with Gasteiger partial charge in [0.1, 0.15) is 0 Å². The molecular weight excluding hydrogens is 282 g/mol. The van der Waals surface area contributed by atoms with Crippen molar-refractivity contribution in [1.82, 2.24) is 0 Å². The number of hydrogen-bond donors (Lipinski definition) is 1. The monoisotopic (exact) mass is 313 g/mol. The summed E-state index contributed by atoms with van der Waals surface area (Å²) in [6, 6.07) is -0.0694. The van der Waals surface area contributed by atoms with Crippen LogP contribution in [-0.4, -0.2) is 57.4 Å². The second kappa shape index (κ2) is 7.58. The van der Waals surface area contributed by atoms with Gasteiger partial charge in [0.25, 0.3) is 0 Å². The first kappa shape index (κ1) is 16.7. The van der Waals surface area contributed by atoms with Crippen molar-refractivity contribution in [1.29, 1.82) is 0 Å². The van der Waals surface area contributed by atoms with Crippen LogP contribution in [0.1, 0.15) is 45.4 Å². The summed E-state index contributed by atoms with van der Waals surface area (Å²) in [6.07, 6.45) is 7.63. The summed E-state index contributed by atoms with van der Waals surface area (Å²) in [5.74, 6) is 0. The predicted octanol–water partition coefficient (Wildman–Crippen LogP) is 1.87. The van der Waals surface area contributed by atoms with Crippen molar-refractivity contribution in [2.45, 2.75) is 69.8 Å². The lowest BCUT2D eigenvalue weighted by atomic mass is 9.72. The summed E-state index contributed by atoms with van der Waals surface area (Å²) < 4.78 is 23.2. The molecule has 2 atom stereocenters. The molecule has 0 aromatic carbocycles. The molecule has 0 amide bonds. The molecule has 0 spiro atoms. The molecule has 0 radical (unpaired) electrons. The van der Waals surface area contributed by atoms with Crippen molar-refractivity contribution in [3.63, 3.8) is 0 Å². The van der Waals surface area contributed by atoms with Crippen LogP contribution in [0.15, 0.2) is 0 Å². The van der Waals surface area contributed by atoms with Gasteiger partial charge in [-0.1, -0.05) is 0 Å². The van der Waals surface area contributed by atoms with Gasteiger partial charge in [-0.05, 0) is 45.4 Å². The molecule has 5 nitrogen and oxygen atoms in total. The Kier molecular flexibility index (Phi) is 5.74. The van der Waals surface area contributed by atoms with Gasteiger partial charge in [-0.25, -0.2) is 0 Å². The molecule has 0 aromatic rings. The molecule has 3 saturated heterocycles. The van der Waals surface area contributed by atoms with Crippen LogP contribution in [0.5, 0.6) is 0 Å². The molecule has 2 N–H and O–H groups in total. The normalized spacial score (nSPS) is 35.5. The van der Waals surface area contributed by atoms with E-state index in [2.05, 4.69) is 6.92 Å². The Morgan fingerprint density at radius 2 is 1.91 bits per heavy atom. The minimum Gasteiger partial charge on any atom is -0.381 e. The van der Waals surface area contributed by atoms with Gasteiger partial charge in [0.2, 0.25) is 0 Å². The van der Waals surface area contributed by atoms with Crippen LogP contribution in [0.4, 0.5) is 0 Å². The summed E-state index contributed by atoms with van der Waals surface area (Å²) in [5.41, 5.74) is 6.47. The maximum Gasteiger partial charge on any atom is 0.0720 e. The zero-order valence-electron chi connectivity index (χ0n) is 13.8. The summed E-state index contributed by atoms with van der Waals surface area (Å²) in [4.78, 5) is 0. The third-order valence-corrected chi connectivity index (χ3v) is 5.57. The van der Waals surface area contributed by atoms with E-state index in [9.17, 15) is 0 Å². The van der Waals surface area contributed by atoms with E-state index in [1.807, 2.05) is 0 Å². The average Bonchev–Trinajstić information content (AvgIpc) is 2.60. The number of hydrogen-bond acceptors (Lipinski definition) is 5. The molecule has 5 heteroatoms. The van der Waals surface area contributed by atoms with Crippen LogP contribution in [0, 0.1) is 5.41 Å². The highest BCUT2D eigenvalue weighted by Gasteiger charge is 2.42. The molecule has 0 unspecified atom stereocenters. The molecule has 1 aliphatic carbocycles. The summed E-state index contributed by atoms with van der Waals surface area (Å²) in [5, 5.41) is 0. The van der Waals surface area contributed by atoms with Gasteiger partial charge in [-0.2, -0.15) is 0 Å². The van der Waals surface area contributed by atoms with E-state index in [0.717, 1.165) is 39.3 Å². The molecule has 3 heterocycles. The maximum absolute atomic E-state index is 6.23. The lowest BCUT2D eigenvalue weighted by molar-refractivity contribution is -0.152. The number of nitrogens with two attached hydrogens (primary N) is 1. The third kappa shape index (κ3) is 4.20. The first-order valence-electron chi connectivity index (χ1n) is 8.85. The first-order chi connectivity index (χ1) is 10.7. The zero-order chi connectivity index (χ0) is 15.4. The fraction of sp³-hybridized carbons (Fsp3) is 1.00. The molecule has 2 bridgehead atoms. The van der Waals surface area contributed by atoms with Crippen LogP contribution in [0.25, 0.3) is 0 Å². The molecule has 4 aliphatic rings. The van der Waals surface area contributed by atoms with Crippen LogP contribution < -0.4 is 5.73 Å². The van der Waals surface area contributed by atoms with Gasteiger partial charge < -0.3 is 24.7 Å². The fourth-order valence-electron chi connectivity index (χ4n) is 3.65. The van der Waals surface area contributed by atoms with Crippen LogP contribution >= 0.6 is 0 Å². The predicted molar refractivity (Wildman–Crippen MR) is 83.8 cm³/mol. The Labute approximate surface area is 133 Å². The highest BCUT2D eigenvalue weighted by molar-refractivity contribution is 4.91. The van der Waals surface area contributed by atoms with E-state index in [1.165, 1.54) is 25.7 Å². The Balaban J connectivity index is 1.36. The highest BCUT2D eigenvalue weighted by atomic mass is 16.5. The third-order valence-electron chi connectivity index (χ3n) is 5.57. The van der Waals surface area contributed by atoms with E-state index < -0.39 is 0 Å². The Hall–Kier alpha value is -0.200. The molecule has 22 heavy (non-hydrogen) atoms. The van der Waals surface area contributed by atoms with E-state index >= 15 is 0 Å². The summed E-state index contributed by atoms with van der Waals surface area (Å²) >= 11 is 0. The lowest BCUT2D eigenvalue weighted by Gasteiger charge is -2.46. The molecule has 128 valence electrons. The highest BCUT2D eigenvalue weighted by Crippen LogP contribution is 2.43. The Morgan fingerprint density at radius 1 is 1.18 bits per heavy atom.